The van der Waals surface area contributed by atoms with Crippen LogP contribution in [-0.4, -0.2) is 15.1 Å². The zero-order valence-corrected chi connectivity index (χ0v) is 9.72. The molecule has 74 valence electrons. The largest absolute Gasteiger partial charge is 0.385 e. The van der Waals surface area contributed by atoms with Gasteiger partial charge in [-0.2, -0.15) is 0 Å². The molecule has 14 heavy (non-hydrogen) atoms. The van der Waals surface area contributed by atoms with Crippen LogP contribution in [0.25, 0.3) is 11.0 Å². The third-order valence-electron chi connectivity index (χ3n) is 1.92. The minimum atomic E-state index is -0.604. The summed E-state index contributed by atoms with van der Waals surface area (Å²) in [6, 6.07) is 3.55. The first-order valence-corrected chi connectivity index (χ1v) is 5.28. The molecular weight excluding hydrogens is 267 g/mol. The average Bonchev–Trinajstić information content (AvgIpc) is 2.47. The number of fused-ring (bicyclic) bond motifs is 1. The molecule has 0 spiro atoms. The average molecular weight is 276 g/mol. The number of nitrogens with zero attached hydrogens (tertiary/aromatic N) is 1. The van der Waals surface area contributed by atoms with Gasteiger partial charge in [-0.1, -0.05) is 11.6 Å². The second-order valence-electron chi connectivity index (χ2n) is 3.08. The lowest BCUT2D eigenvalue weighted by Crippen LogP contribution is -1.92. The lowest BCUT2D eigenvalue weighted by molar-refractivity contribution is 0.190. The van der Waals surface area contributed by atoms with Gasteiger partial charge in [0.15, 0.2) is 0 Å². The lowest BCUT2D eigenvalue weighted by Gasteiger charge is -1.95. The highest BCUT2D eigenvalue weighted by Crippen LogP contribution is 2.27. The van der Waals surface area contributed by atoms with Crippen molar-refractivity contribution in [2.24, 2.45) is 0 Å². The van der Waals surface area contributed by atoms with Crippen molar-refractivity contribution in [3.63, 3.8) is 0 Å². The first kappa shape index (κ1) is 9.96. The van der Waals surface area contributed by atoms with E-state index in [0.717, 1.165) is 15.5 Å². The Balaban J connectivity index is 2.70. The Morgan fingerprint density at radius 1 is 1.57 bits per heavy atom. The smallest absolute Gasteiger partial charge is 0.135 e. The minimum Gasteiger partial charge on any atom is -0.385 e. The Bertz CT molecular complexity index is 481. The van der Waals surface area contributed by atoms with E-state index in [2.05, 4.69) is 25.9 Å². The second kappa shape index (κ2) is 3.53. The van der Waals surface area contributed by atoms with Gasteiger partial charge in [-0.05, 0) is 35.0 Å². The van der Waals surface area contributed by atoms with E-state index >= 15 is 0 Å². The van der Waals surface area contributed by atoms with Crippen molar-refractivity contribution in [2.75, 3.05) is 0 Å². The number of aliphatic hydroxyl groups is 1. The van der Waals surface area contributed by atoms with E-state index in [1.807, 2.05) is 0 Å². The van der Waals surface area contributed by atoms with Crippen molar-refractivity contribution >= 4 is 38.6 Å². The van der Waals surface area contributed by atoms with Crippen LogP contribution in [0.2, 0.25) is 5.02 Å². The van der Waals surface area contributed by atoms with E-state index in [1.54, 1.807) is 19.1 Å². The van der Waals surface area contributed by atoms with E-state index in [0.29, 0.717) is 10.8 Å². The van der Waals surface area contributed by atoms with Gasteiger partial charge in [-0.25, -0.2) is 4.98 Å². The molecule has 2 rings (SSSR count). The molecule has 0 bridgehead atoms. The van der Waals surface area contributed by atoms with Crippen LogP contribution >= 0.6 is 27.5 Å². The number of nitrogens with one attached hydrogen (secondary N) is 1. The van der Waals surface area contributed by atoms with Crippen LogP contribution in [-0.2, 0) is 0 Å². The SMILES string of the molecule is CC(O)c1nc2c(Br)cc(Cl)cc2[nH]1. The Hall–Kier alpha value is -0.580. The second-order valence-corrected chi connectivity index (χ2v) is 4.37. The summed E-state index contributed by atoms with van der Waals surface area (Å²) in [5, 5.41) is 9.97. The first-order chi connectivity index (χ1) is 6.58. The molecule has 2 N–H and O–H groups in total. The number of aromatic amines is 1. The van der Waals surface area contributed by atoms with Crippen LogP contribution in [0.4, 0.5) is 0 Å². The molecule has 0 radical (unpaired) electrons. The molecule has 1 heterocycles. The molecule has 0 amide bonds. The number of aliphatic hydroxyl groups excluding tert-OH is 1. The van der Waals surface area contributed by atoms with Crippen LogP contribution < -0.4 is 0 Å². The van der Waals surface area contributed by atoms with Crippen LogP contribution in [0.3, 0.4) is 0 Å². The van der Waals surface area contributed by atoms with Crippen LogP contribution in [0, 0.1) is 0 Å². The summed E-state index contributed by atoms with van der Waals surface area (Å²) in [5.74, 6) is 0.544. The molecule has 1 aromatic carbocycles. The number of halogens is 2. The van der Waals surface area contributed by atoms with Crippen molar-refractivity contribution in [2.45, 2.75) is 13.0 Å². The first-order valence-electron chi connectivity index (χ1n) is 4.10. The summed E-state index contributed by atoms with van der Waals surface area (Å²) in [6.45, 7) is 1.66. The lowest BCUT2D eigenvalue weighted by atomic mass is 10.3. The Labute approximate surface area is 94.2 Å². The fourth-order valence-corrected chi connectivity index (χ4v) is 2.16. The quantitative estimate of drug-likeness (QED) is 0.840. The van der Waals surface area contributed by atoms with Gasteiger partial charge < -0.3 is 10.1 Å². The predicted octanol–water partition coefficient (Wildman–Crippen LogP) is 3.03. The highest BCUT2D eigenvalue weighted by atomic mass is 79.9. The van der Waals surface area contributed by atoms with Crippen LogP contribution in [0.15, 0.2) is 16.6 Å². The maximum absolute atomic E-state index is 9.34. The molecule has 2 aromatic rings. The molecule has 0 aliphatic heterocycles. The molecule has 3 nitrogen and oxygen atoms in total. The van der Waals surface area contributed by atoms with Gasteiger partial charge in [-0.15, -0.1) is 0 Å². The number of hydrogen-bond donors (Lipinski definition) is 2. The van der Waals surface area contributed by atoms with Crippen LogP contribution in [0.1, 0.15) is 18.9 Å². The predicted molar refractivity (Wildman–Crippen MR) is 59.4 cm³/mol. The van der Waals surface area contributed by atoms with Crippen molar-refractivity contribution in [1.82, 2.24) is 9.97 Å². The summed E-state index contributed by atoms with van der Waals surface area (Å²) < 4.78 is 0.822. The molecular formula is C9H8BrClN2O. The highest BCUT2D eigenvalue weighted by molar-refractivity contribution is 9.10. The molecule has 0 fully saturated rings. The van der Waals surface area contributed by atoms with Crippen molar-refractivity contribution < 1.29 is 5.11 Å². The van der Waals surface area contributed by atoms with Crippen LogP contribution in [0.5, 0.6) is 0 Å². The third kappa shape index (κ3) is 1.65. The highest BCUT2D eigenvalue weighted by Gasteiger charge is 2.10. The van der Waals surface area contributed by atoms with Crippen molar-refractivity contribution in [1.29, 1.82) is 0 Å². The van der Waals surface area contributed by atoms with E-state index in [9.17, 15) is 5.11 Å². The fraction of sp³-hybridized carbons (Fsp3) is 0.222. The van der Waals surface area contributed by atoms with Gasteiger partial charge in [0, 0.05) is 9.50 Å². The summed E-state index contributed by atoms with van der Waals surface area (Å²) >= 11 is 9.23. The molecule has 0 saturated heterocycles. The van der Waals surface area contributed by atoms with Gasteiger partial charge in [0.25, 0.3) is 0 Å². The normalized spacial score (nSPS) is 13.4. The summed E-state index contributed by atoms with van der Waals surface area (Å²) in [7, 11) is 0. The van der Waals surface area contributed by atoms with Gasteiger partial charge in [-0.3, -0.25) is 0 Å². The zero-order valence-electron chi connectivity index (χ0n) is 7.38. The van der Waals surface area contributed by atoms with Gasteiger partial charge in [0.1, 0.15) is 17.4 Å². The fourth-order valence-electron chi connectivity index (χ4n) is 1.26. The maximum atomic E-state index is 9.34. The number of H-pyrrole nitrogens is 1. The Morgan fingerprint density at radius 3 is 2.93 bits per heavy atom. The molecule has 0 aliphatic rings. The maximum Gasteiger partial charge on any atom is 0.135 e. The monoisotopic (exact) mass is 274 g/mol. The number of aromatic nitrogens is 2. The molecule has 0 aliphatic carbocycles. The van der Waals surface area contributed by atoms with Crippen molar-refractivity contribution in [3.05, 3.63) is 27.5 Å². The minimum absolute atomic E-state index is 0.544. The summed E-state index contributed by atoms with van der Waals surface area (Å²) in [4.78, 5) is 7.24. The molecule has 0 saturated carbocycles. The number of hydrogen-bond acceptors (Lipinski definition) is 2. The van der Waals surface area contributed by atoms with Gasteiger partial charge in [0.05, 0.1) is 5.52 Å². The van der Waals surface area contributed by atoms with E-state index in [-0.39, 0.29) is 0 Å². The Morgan fingerprint density at radius 2 is 2.29 bits per heavy atom. The van der Waals surface area contributed by atoms with Gasteiger partial charge >= 0.3 is 0 Å². The zero-order chi connectivity index (χ0) is 10.3. The summed E-state index contributed by atoms with van der Waals surface area (Å²) in [5.41, 5.74) is 1.60. The van der Waals surface area contributed by atoms with E-state index < -0.39 is 6.10 Å². The molecule has 5 heteroatoms. The van der Waals surface area contributed by atoms with Crippen molar-refractivity contribution in [3.8, 4) is 0 Å². The number of imidazole rings is 1. The molecule has 1 unspecified atom stereocenters. The number of benzene rings is 1. The molecule has 1 atom stereocenters. The third-order valence-corrected chi connectivity index (χ3v) is 2.74. The molecule has 1 aromatic heterocycles. The topological polar surface area (TPSA) is 48.9 Å². The van der Waals surface area contributed by atoms with Gasteiger partial charge in [0.2, 0.25) is 0 Å². The van der Waals surface area contributed by atoms with E-state index in [1.165, 1.54) is 0 Å². The standard InChI is InChI=1S/C9H8BrClN2O/c1-4(14)9-12-7-3-5(11)2-6(10)8(7)13-9/h2-4,14H,1H3,(H,12,13). The number of rotatable bonds is 1. The Kier molecular flexibility index (Phi) is 2.51. The summed E-state index contributed by atoms with van der Waals surface area (Å²) in [6.07, 6.45) is -0.604. The van der Waals surface area contributed by atoms with E-state index in [4.69, 9.17) is 11.6 Å².